The lowest BCUT2D eigenvalue weighted by molar-refractivity contribution is -0.119. The molecule has 0 aliphatic carbocycles. The number of benzene rings is 2. The van der Waals surface area contributed by atoms with Crippen molar-refractivity contribution < 1.29 is 19.1 Å². The fraction of sp³-hybridized carbons (Fsp3) is 0.240. The first-order valence-corrected chi connectivity index (χ1v) is 11.2. The van der Waals surface area contributed by atoms with Crippen LogP contribution >= 0.6 is 11.6 Å². The van der Waals surface area contributed by atoms with Gasteiger partial charge in [-0.2, -0.15) is 9.89 Å². The minimum atomic E-state index is -0.419. The predicted octanol–water partition coefficient (Wildman–Crippen LogP) is 4.73. The smallest absolute Gasteiger partial charge is 0.340 e. The summed E-state index contributed by atoms with van der Waals surface area (Å²) in [6, 6.07) is 14.6. The lowest BCUT2D eigenvalue weighted by Crippen LogP contribution is -2.29. The van der Waals surface area contributed by atoms with Crippen molar-refractivity contribution in [2.24, 2.45) is 0 Å². The van der Waals surface area contributed by atoms with Crippen molar-refractivity contribution >= 4 is 34.4 Å². The van der Waals surface area contributed by atoms with Crippen LogP contribution in [0.5, 0.6) is 5.75 Å². The fourth-order valence-corrected chi connectivity index (χ4v) is 4.04. The number of aryl methyl sites for hydroxylation is 2. The molecule has 2 heterocycles. The maximum absolute atomic E-state index is 12.8. The third-order valence-corrected chi connectivity index (χ3v) is 5.60. The molecule has 176 valence electrons. The number of hydrogen-bond donors (Lipinski definition) is 1. The van der Waals surface area contributed by atoms with E-state index in [2.05, 4.69) is 10.5 Å². The molecule has 2 aromatic heterocycles. The van der Waals surface area contributed by atoms with Gasteiger partial charge >= 0.3 is 5.97 Å². The van der Waals surface area contributed by atoms with Gasteiger partial charge in [0, 0.05) is 21.8 Å². The highest BCUT2D eigenvalue weighted by Gasteiger charge is 2.22. The van der Waals surface area contributed by atoms with E-state index in [0.717, 1.165) is 28.3 Å². The van der Waals surface area contributed by atoms with Crippen molar-refractivity contribution in [2.45, 2.75) is 27.7 Å². The predicted molar refractivity (Wildman–Crippen MR) is 131 cm³/mol. The van der Waals surface area contributed by atoms with Crippen molar-refractivity contribution in [3.63, 3.8) is 0 Å². The van der Waals surface area contributed by atoms with Gasteiger partial charge in [0.15, 0.2) is 6.61 Å². The molecular weight excluding hydrogens is 456 g/mol. The number of rotatable bonds is 7. The normalized spacial score (nSPS) is 11.0. The molecule has 34 heavy (non-hydrogen) atoms. The van der Waals surface area contributed by atoms with Crippen molar-refractivity contribution in [2.75, 3.05) is 18.6 Å². The second-order valence-electron chi connectivity index (χ2n) is 7.83. The van der Waals surface area contributed by atoms with E-state index in [1.165, 1.54) is 4.79 Å². The van der Waals surface area contributed by atoms with Crippen molar-refractivity contribution in [3.05, 3.63) is 76.2 Å². The molecule has 0 aliphatic rings. The summed E-state index contributed by atoms with van der Waals surface area (Å²) in [4.78, 5) is 26.6. The minimum absolute atomic E-state index is 0.213. The van der Waals surface area contributed by atoms with Crippen LogP contribution < -0.4 is 10.2 Å². The monoisotopic (exact) mass is 480 g/mol. The van der Waals surface area contributed by atoms with E-state index in [1.807, 2.05) is 49.6 Å². The number of ether oxygens (including phenoxy) is 2. The first kappa shape index (κ1) is 23.4. The number of carbonyl (C=O) groups excluding carboxylic acids is 2. The molecule has 0 fully saturated rings. The quantitative estimate of drug-likeness (QED) is 0.386. The Kier molecular flexibility index (Phi) is 6.61. The molecule has 1 N–H and O–H groups in total. The van der Waals surface area contributed by atoms with Crippen LogP contribution in [-0.2, 0) is 9.53 Å². The molecular formula is C25H25ClN4O4. The number of aromatic nitrogens is 3. The van der Waals surface area contributed by atoms with E-state index < -0.39 is 5.97 Å². The van der Waals surface area contributed by atoms with Crippen LogP contribution in [-0.4, -0.2) is 39.5 Å². The SMILES string of the molecule is CCOC(=O)c1c(C)n(-c2ccc(Cl)cc2)c2ccc(OCC(=O)Nn3nc(C)cc3C)cc12. The van der Waals surface area contributed by atoms with E-state index in [9.17, 15) is 9.59 Å². The summed E-state index contributed by atoms with van der Waals surface area (Å²) in [5.74, 6) is -0.321. The molecule has 9 heteroatoms. The van der Waals surface area contributed by atoms with Crippen LogP contribution in [0.3, 0.4) is 0 Å². The third-order valence-electron chi connectivity index (χ3n) is 5.35. The summed E-state index contributed by atoms with van der Waals surface area (Å²) >= 11 is 6.06. The maximum Gasteiger partial charge on any atom is 0.340 e. The number of amides is 1. The Labute approximate surface area is 202 Å². The standard InChI is InChI=1S/C25H25ClN4O4/c1-5-33-25(32)24-17(4)29(19-8-6-18(26)7-9-19)22-11-10-20(13-21(22)24)34-14-23(31)28-30-16(3)12-15(2)27-30/h6-13H,5,14H2,1-4H3,(H,28,31). The van der Waals surface area contributed by atoms with Crippen molar-refractivity contribution in [1.82, 2.24) is 14.5 Å². The largest absolute Gasteiger partial charge is 0.484 e. The highest BCUT2D eigenvalue weighted by molar-refractivity contribution is 6.30. The number of carbonyl (C=O) groups is 2. The molecule has 0 saturated carbocycles. The number of hydrogen-bond acceptors (Lipinski definition) is 5. The van der Waals surface area contributed by atoms with Crippen LogP contribution in [0.4, 0.5) is 0 Å². The summed E-state index contributed by atoms with van der Waals surface area (Å²) in [5.41, 5.74) is 7.14. The maximum atomic E-state index is 12.8. The van der Waals surface area contributed by atoms with Crippen LogP contribution in [0, 0.1) is 20.8 Å². The number of nitrogens with zero attached hydrogens (tertiary/aromatic N) is 3. The van der Waals surface area contributed by atoms with Gasteiger partial charge in [-0.05, 0) is 76.2 Å². The van der Waals surface area contributed by atoms with Gasteiger partial charge < -0.3 is 14.0 Å². The fourth-order valence-electron chi connectivity index (χ4n) is 3.91. The second kappa shape index (κ2) is 9.61. The Bertz CT molecular complexity index is 1370. The van der Waals surface area contributed by atoms with Crippen LogP contribution in [0.1, 0.15) is 34.4 Å². The average Bonchev–Trinajstić information content (AvgIpc) is 3.27. The molecule has 1 amide bonds. The van der Waals surface area contributed by atoms with E-state index in [-0.39, 0.29) is 19.1 Å². The van der Waals surface area contributed by atoms with E-state index in [0.29, 0.717) is 21.7 Å². The lowest BCUT2D eigenvalue weighted by atomic mass is 10.1. The molecule has 8 nitrogen and oxygen atoms in total. The summed E-state index contributed by atoms with van der Waals surface area (Å²) in [5, 5.41) is 5.50. The Morgan fingerprint density at radius 2 is 1.79 bits per heavy atom. The molecule has 4 rings (SSSR count). The van der Waals surface area contributed by atoms with Gasteiger partial charge in [-0.25, -0.2) is 10.2 Å². The van der Waals surface area contributed by atoms with Gasteiger partial charge in [0.2, 0.25) is 0 Å². The van der Waals surface area contributed by atoms with Gasteiger partial charge in [-0.3, -0.25) is 4.79 Å². The van der Waals surface area contributed by atoms with Gasteiger partial charge in [0.1, 0.15) is 5.75 Å². The van der Waals surface area contributed by atoms with Crippen LogP contribution in [0.25, 0.3) is 16.6 Å². The first-order chi connectivity index (χ1) is 16.3. The summed E-state index contributed by atoms with van der Waals surface area (Å²) in [6.07, 6.45) is 0. The molecule has 0 aliphatic heterocycles. The third kappa shape index (κ3) is 4.63. The van der Waals surface area contributed by atoms with Crippen LogP contribution in [0.2, 0.25) is 5.02 Å². The first-order valence-electron chi connectivity index (χ1n) is 10.8. The molecule has 0 bridgehead atoms. The van der Waals surface area contributed by atoms with E-state index >= 15 is 0 Å². The van der Waals surface area contributed by atoms with Gasteiger partial charge in [0.25, 0.3) is 5.91 Å². The minimum Gasteiger partial charge on any atom is -0.484 e. The lowest BCUT2D eigenvalue weighted by Gasteiger charge is -2.10. The zero-order valence-corrected chi connectivity index (χ0v) is 20.1. The number of halogens is 1. The zero-order chi connectivity index (χ0) is 24.4. The topological polar surface area (TPSA) is 87.4 Å². The van der Waals surface area contributed by atoms with Crippen molar-refractivity contribution in [1.29, 1.82) is 0 Å². The molecule has 0 unspecified atom stereocenters. The summed E-state index contributed by atoms with van der Waals surface area (Å²) < 4.78 is 13.0. The van der Waals surface area contributed by atoms with E-state index in [4.69, 9.17) is 21.1 Å². The zero-order valence-electron chi connectivity index (χ0n) is 19.4. The summed E-state index contributed by atoms with van der Waals surface area (Å²) in [6.45, 7) is 7.37. The molecule has 4 aromatic rings. The van der Waals surface area contributed by atoms with Crippen LogP contribution in [0.15, 0.2) is 48.5 Å². The second-order valence-corrected chi connectivity index (χ2v) is 8.27. The van der Waals surface area contributed by atoms with Crippen molar-refractivity contribution in [3.8, 4) is 11.4 Å². The number of esters is 1. The number of nitrogens with one attached hydrogen (secondary N) is 1. The Balaban J connectivity index is 1.65. The Morgan fingerprint density at radius 3 is 2.44 bits per heavy atom. The summed E-state index contributed by atoms with van der Waals surface area (Å²) in [7, 11) is 0. The molecule has 2 aromatic carbocycles. The highest BCUT2D eigenvalue weighted by atomic mass is 35.5. The number of fused-ring (bicyclic) bond motifs is 1. The highest BCUT2D eigenvalue weighted by Crippen LogP contribution is 2.33. The molecule has 0 spiro atoms. The molecule has 0 radical (unpaired) electrons. The van der Waals surface area contributed by atoms with Gasteiger partial charge in [-0.15, -0.1) is 0 Å². The van der Waals surface area contributed by atoms with E-state index in [1.54, 1.807) is 31.2 Å². The molecule has 0 atom stereocenters. The van der Waals surface area contributed by atoms with Gasteiger partial charge in [-0.1, -0.05) is 11.6 Å². The Morgan fingerprint density at radius 1 is 1.06 bits per heavy atom. The van der Waals surface area contributed by atoms with Gasteiger partial charge in [0.05, 0.1) is 29.1 Å². The average molecular weight is 481 g/mol. The molecule has 0 saturated heterocycles. The Hall–Kier alpha value is -3.78.